The third kappa shape index (κ3) is 4.23. The van der Waals surface area contributed by atoms with Gasteiger partial charge in [0, 0.05) is 26.4 Å². The Bertz CT molecular complexity index is 384. The summed E-state index contributed by atoms with van der Waals surface area (Å²) in [6, 6.07) is 0.675. The van der Waals surface area contributed by atoms with Crippen LogP contribution in [0.1, 0.15) is 86.9 Å². The molecule has 21 heavy (non-hydrogen) atoms. The van der Waals surface area contributed by atoms with E-state index in [0.717, 1.165) is 18.7 Å². The summed E-state index contributed by atoms with van der Waals surface area (Å²) in [5.74, 6) is 0.564. The molecule has 2 aliphatic carbocycles. The van der Waals surface area contributed by atoms with Gasteiger partial charge in [0.15, 0.2) is 0 Å². The van der Waals surface area contributed by atoms with Crippen molar-refractivity contribution in [3.8, 4) is 0 Å². The van der Waals surface area contributed by atoms with Gasteiger partial charge in [0.05, 0.1) is 0 Å². The lowest BCUT2D eigenvalue weighted by atomic mass is 9.63. The normalized spacial score (nSPS) is 26.2. The molecule has 0 saturated heterocycles. The van der Waals surface area contributed by atoms with E-state index in [9.17, 15) is 0 Å². The van der Waals surface area contributed by atoms with Crippen molar-refractivity contribution in [3.63, 3.8) is 0 Å². The molecule has 0 unspecified atom stereocenters. The predicted molar refractivity (Wildman–Crippen MR) is 92.9 cm³/mol. The topological polar surface area (TPSA) is 15.6 Å². The average molecular weight is 294 g/mol. The number of hydrogen-bond donors (Lipinski definition) is 0. The van der Waals surface area contributed by atoms with Crippen molar-refractivity contribution < 1.29 is 1.37 Å². The molecule has 2 fully saturated rings. The zero-order valence-corrected chi connectivity index (χ0v) is 14.9. The van der Waals surface area contributed by atoms with E-state index in [0.29, 0.717) is 11.5 Å². The largest absolute Gasteiger partial charge is 0.361 e. The van der Waals surface area contributed by atoms with Gasteiger partial charge in [-0.2, -0.15) is 0 Å². The van der Waals surface area contributed by atoms with E-state index in [1.165, 1.54) is 44.9 Å². The van der Waals surface area contributed by atoms with Gasteiger partial charge in [0.2, 0.25) is 0 Å². The van der Waals surface area contributed by atoms with Crippen LogP contribution in [0.2, 0.25) is 0 Å². The lowest BCUT2D eigenvalue weighted by Gasteiger charge is -2.44. The highest BCUT2D eigenvalue weighted by atomic mass is 15.2. The van der Waals surface area contributed by atoms with Gasteiger partial charge < -0.3 is 4.90 Å². The van der Waals surface area contributed by atoms with Crippen LogP contribution in [0.4, 0.5) is 0 Å². The van der Waals surface area contributed by atoms with Crippen molar-refractivity contribution in [2.75, 3.05) is 7.05 Å². The first-order valence-corrected chi connectivity index (χ1v) is 9.09. The van der Waals surface area contributed by atoms with Crippen LogP contribution >= 0.6 is 0 Å². The Kier molecular flexibility index (Phi) is 5.24. The highest BCUT2D eigenvalue weighted by Gasteiger charge is 2.38. The van der Waals surface area contributed by atoms with E-state index in [1.807, 2.05) is 0 Å². The molecule has 0 aromatic rings. The van der Waals surface area contributed by atoms with E-state index in [4.69, 9.17) is 6.36 Å². The standard InChI is InChI=1S/C19H36N2/c1-15(2)20-18(21(5)16(3)4)17-9-13-19(14-10-17)11-7-6-8-12-19/h15-17H,6-14H2,1-5H3/i17D. The first kappa shape index (κ1) is 15.4. The van der Waals surface area contributed by atoms with Gasteiger partial charge in [-0.25, -0.2) is 0 Å². The number of nitrogens with zero attached hydrogens (tertiary/aromatic N) is 2. The van der Waals surface area contributed by atoms with Crippen LogP contribution in [0.5, 0.6) is 0 Å². The maximum atomic E-state index is 9.12. The highest BCUT2D eigenvalue weighted by molar-refractivity contribution is 5.85. The van der Waals surface area contributed by atoms with Crippen LogP contribution < -0.4 is 0 Å². The molecule has 0 N–H and O–H groups in total. The van der Waals surface area contributed by atoms with E-state index >= 15 is 0 Å². The van der Waals surface area contributed by atoms with E-state index in [2.05, 4.69) is 39.6 Å². The maximum Gasteiger partial charge on any atom is 0.102 e. The third-order valence-corrected chi connectivity index (χ3v) is 5.63. The number of amidine groups is 1. The Morgan fingerprint density at radius 3 is 2.10 bits per heavy atom. The zero-order valence-electron chi connectivity index (χ0n) is 15.9. The first-order valence-electron chi connectivity index (χ1n) is 9.59. The fraction of sp³-hybridized carbons (Fsp3) is 0.947. The van der Waals surface area contributed by atoms with Gasteiger partial charge in [-0.05, 0) is 71.6 Å². The molecule has 0 atom stereocenters. The summed E-state index contributed by atoms with van der Waals surface area (Å²) in [6.07, 6.45) is 11.5. The summed E-state index contributed by atoms with van der Waals surface area (Å²) < 4.78 is 9.12. The quantitative estimate of drug-likeness (QED) is 0.511. The number of rotatable bonds is 3. The van der Waals surface area contributed by atoms with Crippen molar-refractivity contribution in [3.05, 3.63) is 0 Å². The minimum atomic E-state index is -0.466. The van der Waals surface area contributed by atoms with Crippen LogP contribution in [0.3, 0.4) is 0 Å². The van der Waals surface area contributed by atoms with Gasteiger partial charge in [-0.1, -0.05) is 19.3 Å². The second-order valence-electron chi connectivity index (χ2n) is 7.92. The van der Waals surface area contributed by atoms with E-state index < -0.39 is 5.89 Å². The Labute approximate surface area is 133 Å². The molecule has 2 nitrogen and oxygen atoms in total. The Balaban J connectivity index is 2.14. The monoisotopic (exact) mass is 293 g/mol. The molecule has 122 valence electrons. The van der Waals surface area contributed by atoms with Crippen molar-refractivity contribution >= 4 is 5.84 Å². The van der Waals surface area contributed by atoms with Crippen molar-refractivity contribution in [2.45, 2.75) is 97.6 Å². The summed E-state index contributed by atoms with van der Waals surface area (Å²) in [6.45, 7) is 8.65. The fourth-order valence-corrected chi connectivity index (χ4v) is 4.03. The molecular weight excluding hydrogens is 256 g/mol. The zero-order chi connectivity index (χ0) is 16.4. The van der Waals surface area contributed by atoms with Gasteiger partial charge in [0.1, 0.15) is 5.84 Å². The molecular formula is C19H36N2. The summed E-state index contributed by atoms with van der Waals surface area (Å²) in [4.78, 5) is 7.12. The minimum Gasteiger partial charge on any atom is -0.361 e. The molecule has 0 radical (unpaired) electrons. The Morgan fingerprint density at radius 1 is 1.05 bits per heavy atom. The maximum absolute atomic E-state index is 9.12. The molecule has 0 aromatic heterocycles. The summed E-state index contributed by atoms with van der Waals surface area (Å²) in [5.41, 5.74) is 0.572. The Hall–Kier alpha value is -0.530. The van der Waals surface area contributed by atoms with E-state index in [-0.39, 0.29) is 6.04 Å². The minimum absolute atomic E-state index is 0.268. The van der Waals surface area contributed by atoms with Gasteiger partial charge in [-0.15, -0.1) is 0 Å². The lowest BCUT2D eigenvalue weighted by Crippen LogP contribution is -2.41. The van der Waals surface area contributed by atoms with Crippen molar-refractivity contribution in [1.29, 1.82) is 0 Å². The second kappa shape index (κ2) is 7.15. The summed E-state index contributed by atoms with van der Waals surface area (Å²) in [7, 11) is 2.12. The van der Waals surface area contributed by atoms with Gasteiger partial charge in [-0.3, -0.25) is 4.99 Å². The third-order valence-electron chi connectivity index (χ3n) is 5.63. The molecule has 2 aliphatic rings. The Morgan fingerprint density at radius 2 is 1.62 bits per heavy atom. The van der Waals surface area contributed by atoms with Crippen LogP contribution in [0.25, 0.3) is 0 Å². The molecule has 2 saturated carbocycles. The van der Waals surface area contributed by atoms with Crippen LogP contribution in [0, 0.1) is 11.3 Å². The predicted octanol–water partition coefficient (Wildman–Crippen LogP) is 5.27. The molecule has 0 heterocycles. The molecule has 0 aliphatic heterocycles. The lowest BCUT2D eigenvalue weighted by molar-refractivity contribution is 0.109. The summed E-state index contributed by atoms with van der Waals surface area (Å²) in [5, 5.41) is 0. The molecule has 0 bridgehead atoms. The molecule has 1 spiro atoms. The van der Waals surface area contributed by atoms with Gasteiger partial charge in [0.25, 0.3) is 0 Å². The van der Waals surface area contributed by atoms with Crippen LogP contribution in [-0.2, 0) is 0 Å². The van der Waals surface area contributed by atoms with Crippen molar-refractivity contribution in [1.82, 2.24) is 4.90 Å². The fourth-order valence-electron chi connectivity index (χ4n) is 4.03. The molecule has 2 heteroatoms. The highest BCUT2D eigenvalue weighted by Crippen LogP contribution is 2.49. The number of hydrogen-bond acceptors (Lipinski definition) is 1. The van der Waals surface area contributed by atoms with E-state index in [1.54, 1.807) is 0 Å². The first-order chi connectivity index (χ1) is 10.3. The van der Waals surface area contributed by atoms with Gasteiger partial charge >= 0.3 is 0 Å². The smallest absolute Gasteiger partial charge is 0.102 e. The SMILES string of the molecule is [2H]C1(C(=NC(C)C)N(C)C(C)C)CCC2(CCCCC2)CC1. The molecule has 0 aromatic carbocycles. The van der Waals surface area contributed by atoms with Crippen molar-refractivity contribution in [2.24, 2.45) is 16.3 Å². The summed E-state index contributed by atoms with van der Waals surface area (Å²) >= 11 is 0. The second-order valence-corrected chi connectivity index (χ2v) is 7.92. The molecule has 0 amide bonds. The molecule has 2 rings (SSSR count). The average Bonchev–Trinajstić information content (AvgIpc) is 2.48. The van der Waals surface area contributed by atoms with Crippen LogP contribution in [-0.4, -0.2) is 29.9 Å². The number of aliphatic imine (C=N–C) groups is 1. The van der Waals surface area contributed by atoms with Crippen LogP contribution in [0.15, 0.2) is 4.99 Å².